The van der Waals surface area contributed by atoms with E-state index in [-0.39, 0.29) is 0 Å². The summed E-state index contributed by atoms with van der Waals surface area (Å²) < 4.78 is 0.310. The minimum absolute atomic E-state index is 0.301. The van der Waals surface area contributed by atoms with Gasteiger partial charge in [-0.2, -0.15) is 11.8 Å². The molecule has 0 aliphatic carbocycles. The Hall–Kier alpha value is -1.10. The summed E-state index contributed by atoms with van der Waals surface area (Å²) in [6.07, 6.45) is 1.84. The Labute approximate surface area is 130 Å². The summed E-state index contributed by atoms with van der Waals surface area (Å²) in [5, 5.41) is 1.19. The zero-order valence-corrected chi connectivity index (χ0v) is 13.6. The molecule has 4 heteroatoms. The lowest BCUT2D eigenvalue weighted by molar-refractivity contribution is 0.192. The molecule has 2 N–H and O–H groups in total. The lowest BCUT2D eigenvalue weighted by atomic mass is 10.0. The van der Waals surface area contributed by atoms with Gasteiger partial charge in [-0.3, -0.25) is 9.88 Å². The maximum atomic E-state index is 6.10. The van der Waals surface area contributed by atoms with E-state index in [0.29, 0.717) is 17.3 Å². The van der Waals surface area contributed by atoms with Crippen LogP contribution in [0.15, 0.2) is 36.5 Å². The number of nitrogens with two attached hydrogens (primary N) is 1. The summed E-state index contributed by atoms with van der Waals surface area (Å²) >= 11 is 2.06. The van der Waals surface area contributed by atoms with Crippen LogP contribution in [-0.2, 0) is 0 Å². The first-order valence-corrected chi connectivity index (χ1v) is 8.50. The average Bonchev–Trinajstić information content (AvgIpc) is 2.47. The molecule has 2 aromatic rings. The van der Waals surface area contributed by atoms with Crippen molar-refractivity contribution in [1.29, 1.82) is 0 Å². The number of nitrogens with zero attached hydrogens (tertiary/aromatic N) is 2. The van der Waals surface area contributed by atoms with Gasteiger partial charge in [0.25, 0.3) is 0 Å². The third-order valence-corrected chi connectivity index (χ3v) is 5.43. The van der Waals surface area contributed by atoms with Gasteiger partial charge in [0.2, 0.25) is 0 Å². The topological polar surface area (TPSA) is 42.1 Å². The van der Waals surface area contributed by atoms with Gasteiger partial charge in [-0.05, 0) is 37.6 Å². The molecule has 21 heavy (non-hydrogen) atoms. The maximum Gasteiger partial charge on any atom is 0.0702 e. The molecular formula is C17H23N3S. The van der Waals surface area contributed by atoms with Crippen molar-refractivity contribution < 1.29 is 0 Å². The Morgan fingerprint density at radius 1 is 1.38 bits per heavy atom. The third kappa shape index (κ3) is 3.23. The average molecular weight is 301 g/mol. The Morgan fingerprint density at radius 3 is 3.00 bits per heavy atom. The monoisotopic (exact) mass is 301 g/mol. The van der Waals surface area contributed by atoms with Crippen LogP contribution in [-0.4, -0.2) is 40.0 Å². The zero-order valence-electron chi connectivity index (χ0n) is 12.7. The molecule has 0 saturated carbocycles. The van der Waals surface area contributed by atoms with Crippen molar-refractivity contribution >= 4 is 22.7 Å². The molecule has 1 aromatic carbocycles. The second-order valence-electron chi connectivity index (χ2n) is 6.29. The number of hydrogen-bond donors (Lipinski definition) is 1. The van der Waals surface area contributed by atoms with Crippen LogP contribution in [0.25, 0.3) is 10.9 Å². The molecule has 0 radical (unpaired) electrons. The molecule has 3 nitrogen and oxygen atoms in total. The molecule has 1 aliphatic rings. The van der Waals surface area contributed by atoms with Crippen LogP contribution < -0.4 is 5.73 Å². The van der Waals surface area contributed by atoms with Crippen molar-refractivity contribution in [2.24, 2.45) is 5.73 Å². The lowest BCUT2D eigenvalue weighted by Gasteiger charge is -2.41. The first-order chi connectivity index (χ1) is 10.1. The van der Waals surface area contributed by atoms with Gasteiger partial charge in [0.1, 0.15) is 0 Å². The largest absolute Gasteiger partial charge is 0.329 e. The van der Waals surface area contributed by atoms with Crippen molar-refractivity contribution in [3.63, 3.8) is 0 Å². The third-order valence-electron chi connectivity index (χ3n) is 4.13. The predicted molar refractivity (Wildman–Crippen MR) is 91.6 cm³/mol. The van der Waals surface area contributed by atoms with Gasteiger partial charge in [-0.25, -0.2) is 0 Å². The second kappa shape index (κ2) is 5.95. The van der Waals surface area contributed by atoms with E-state index in [9.17, 15) is 0 Å². The minimum atomic E-state index is 0.301. The lowest BCUT2D eigenvalue weighted by Crippen LogP contribution is -2.46. The minimum Gasteiger partial charge on any atom is -0.329 e. The predicted octanol–water partition coefficient (Wildman–Crippen LogP) is 3.06. The summed E-state index contributed by atoms with van der Waals surface area (Å²) in [5.41, 5.74) is 8.46. The summed E-state index contributed by atoms with van der Waals surface area (Å²) in [7, 11) is 0. The van der Waals surface area contributed by atoms with Gasteiger partial charge in [0.15, 0.2) is 0 Å². The van der Waals surface area contributed by atoms with Crippen LogP contribution in [0, 0.1) is 0 Å². The van der Waals surface area contributed by atoms with Crippen molar-refractivity contribution in [1.82, 2.24) is 9.88 Å². The van der Waals surface area contributed by atoms with E-state index in [1.807, 2.05) is 12.3 Å². The Morgan fingerprint density at radius 2 is 2.24 bits per heavy atom. The number of hydrogen-bond acceptors (Lipinski definition) is 4. The molecule has 1 aromatic heterocycles. The SMILES string of the molecule is CC1(C)CN(C(CN)c2ccc3ncccc3c2)CCS1. The quantitative estimate of drug-likeness (QED) is 0.946. The van der Waals surface area contributed by atoms with Gasteiger partial charge in [-0.1, -0.05) is 12.1 Å². The fourth-order valence-corrected chi connectivity index (χ4v) is 4.25. The van der Waals surface area contributed by atoms with E-state index in [1.54, 1.807) is 0 Å². The smallest absolute Gasteiger partial charge is 0.0702 e. The first kappa shape index (κ1) is 14.8. The highest BCUT2D eigenvalue weighted by Gasteiger charge is 2.31. The van der Waals surface area contributed by atoms with Crippen molar-refractivity contribution in [2.45, 2.75) is 24.6 Å². The maximum absolute atomic E-state index is 6.10. The van der Waals surface area contributed by atoms with Gasteiger partial charge in [0.05, 0.1) is 5.52 Å². The molecule has 1 aliphatic heterocycles. The molecule has 3 rings (SSSR count). The highest BCUT2D eigenvalue weighted by molar-refractivity contribution is 8.00. The van der Waals surface area contributed by atoms with Crippen LogP contribution in [0.3, 0.4) is 0 Å². The molecule has 1 atom stereocenters. The molecule has 0 bridgehead atoms. The van der Waals surface area contributed by atoms with Crippen molar-refractivity contribution in [2.75, 3.05) is 25.4 Å². The van der Waals surface area contributed by atoms with Crippen molar-refractivity contribution in [3.05, 3.63) is 42.1 Å². The number of rotatable bonds is 3. The van der Waals surface area contributed by atoms with Crippen LogP contribution in [0.2, 0.25) is 0 Å². The molecule has 1 unspecified atom stereocenters. The number of fused-ring (bicyclic) bond motifs is 1. The second-order valence-corrected chi connectivity index (χ2v) is 8.09. The summed E-state index contributed by atoms with van der Waals surface area (Å²) in [5.74, 6) is 1.18. The summed E-state index contributed by atoms with van der Waals surface area (Å²) in [4.78, 5) is 6.93. The van der Waals surface area contributed by atoms with Crippen LogP contribution in [0.1, 0.15) is 25.5 Å². The van der Waals surface area contributed by atoms with E-state index < -0.39 is 0 Å². The highest BCUT2D eigenvalue weighted by atomic mass is 32.2. The first-order valence-electron chi connectivity index (χ1n) is 7.52. The highest BCUT2D eigenvalue weighted by Crippen LogP contribution is 2.34. The Balaban J connectivity index is 1.90. The molecule has 0 amide bonds. The normalized spacial score (nSPS) is 20.5. The van der Waals surface area contributed by atoms with Gasteiger partial charge in [0, 0.05) is 47.8 Å². The zero-order chi connectivity index (χ0) is 14.9. The molecular weight excluding hydrogens is 278 g/mol. The van der Waals surface area contributed by atoms with Crippen LogP contribution in [0.4, 0.5) is 0 Å². The van der Waals surface area contributed by atoms with E-state index >= 15 is 0 Å². The Kier molecular flexibility index (Phi) is 4.20. The fraction of sp³-hybridized carbons (Fsp3) is 0.471. The van der Waals surface area contributed by atoms with Gasteiger partial charge >= 0.3 is 0 Å². The molecule has 112 valence electrons. The van der Waals surface area contributed by atoms with Crippen LogP contribution in [0.5, 0.6) is 0 Å². The number of benzene rings is 1. The Bertz CT molecular complexity index is 626. The van der Waals surface area contributed by atoms with E-state index in [1.165, 1.54) is 16.7 Å². The standard InChI is InChI=1S/C17H23N3S/c1-17(2)12-20(8-9-21-17)16(11-18)14-5-6-15-13(10-14)4-3-7-19-15/h3-7,10,16H,8-9,11-12,18H2,1-2H3. The molecule has 1 saturated heterocycles. The number of thioether (sulfide) groups is 1. The van der Waals surface area contributed by atoms with Gasteiger partial charge < -0.3 is 5.73 Å². The molecule has 2 heterocycles. The summed E-state index contributed by atoms with van der Waals surface area (Å²) in [6.45, 7) is 7.50. The fourth-order valence-electron chi connectivity index (χ4n) is 3.12. The van der Waals surface area contributed by atoms with E-state index in [0.717, 1.165) is 18.6 Å². The van der Waals surface area contributed by atoms with Crippen LogP contribution >= 0.6 is 11.8 Å². The van der Waals surface area contributed by atoms with Gasteiger partial charge in [-0.15, -0.1) is 0 Å². The number of pyridine rings is 1. The molecule has 0 spiro atoms. The summed E-state index contributed by atoms with van der Waals surface area (Å²) in [6, 6.07) is 10.9. The van der Waals surface area contributed by atoms with E-state index in [2.05, 4.69) is 59.8 Å². The molecule has 1 fully saturated rings. The van der Waals surface area contributed by atoms with E-state index in [4.69, 9.17) is 5.73 Å². The van der Waals surface area contributed by atoms with Crippen molar-refractivity contribution in [3.8, 4) is 0 Å². The number of aromatic nitrogens is 1.